The van der Waals surface area contributed by atoms with E-state index in [9.17, 15) is 0 Å². The van der Waals surface area contributed by atoms with Gasteiger partial charge in [-0.1, -0.05) is 74.5 Å². The summed E-state index contributed by atoms with van der Waals surface area (Å²) in [5.41, 5.74) is 15.9. The van der Waals surface area contributed by atoms with E-state index in [0.717, 1.165) is 22.2 Å². The highest BCUT2D eigenvalue weighted by Crippen LogP contribution is 2.31. The second-order valence-corrected chi connectivity index (χ2v) is 9.50. The molecule has 2 heterocycles. The molecule has 0 amide bonds. The summed E-state index contributed by atoms with van der Waals surface area (Å²) >= 11 is 1.46. The van der Waals surface area contributed by atoms with Crippen LogP contribution in [0.1, 0.15) is 37.7 Å². The Morgan fingerprint density at radius 1 is 0.844 bits per heavy atom. The van der Waals surface area contributed by atoms with E-state index < -0.39 is 0 Å². The van der Waals surface area contributed by atoms with E-state index in [1.165, 1.54) is 22.9 Å². The Bertz CT molecular complexity index is 1200. The topological polar surface area (TPSA) is 121 Å². The van der Waals surface area contributed by atoms with Gasteiger partial charge in [0.25, 0.3) is 0 Å². The van der Waals surface area contributed by atoms with E-state index in [1.54, 1.807) is 0 Å². The van der Waals surface area contributed by atoms with E-state index in [-0.39, 0.29) is 17.3 Å². The molecule has 0 saturated heterocycles. The number of benzene rings is 2. The SMILES string of the molecule is Cc1ccc(-n2c(SCc3nc(N)nc(N)n3)nnc2-c2ccc(C(C)(C)C)cc2)cc1. The highest BCUT2D eigenvalue weighted by molar-refractivity contribution is 7.98. The Kier molecular flexibility index (Phi) is 5.84. The van der Waals surface area contributed by atoms with Crippen molar-refractivity contribution in [1.29, 1.82) is 0 Å². The molecule has 2 aromatic carbocycles. The molecule has 0 aliphatic carbocycles. The number of hydrogen-bond donors (Lipinski definition) is 2. The molecule has 0 atom stereocenters. The van der Waals surface area contributed by atoms with Gasteiger partial charge in [-0.3, -0.25) is 4.57 Å². The summed E-state index contributed by atoms with van der Waals surface area (Å²) in [7, 11) is 0. The molecule has 0 bridgehead atoms. The Morgan fingerprint density at radius 3 is 2.06 bits per heavy atom. The fraction of sp³-hybridized carbons (Fsp3) is 0.261. The van der Waals surface area contributed by atoms with Crippen LogP contribution in [0.3, 0.4) is 0 Å². The Hall–Kier alpha value is -3.46. The smallest absolute Gasteiger partial charge is 0.225 e. The Balaban J connectivity index is 1.72. The highest BCUT2D eigenvalue weighted by atomic mass is 32.2. The fourth-order valence-electron chi connectivity index (χ4n) is 3.25. The lowest BCUT2D eigenvalue weighted by molar-refractivity contribution is 0.590. The van der Waals surface area contributed by atoms with Crippen molar-refractivity contribution in [2.45, 2.75) is 44.0 Å². The maximum Gasteiger partial charge on any atom is 0.225 e. The third-order valence-corrected chi connectivity index (χ3v) is 5.91. The van der Waals surface area contributed by atoms with Crippen LogP contribution in [0.2, 0.25) is 0 Å². The summed E-state index contributed by atoms with van der Waals surface area (Å²) < 4.78 is 2.05. The molecular weight excluding hydrogens is 420 g/mol. The number of hydrogen-bond acceptors (Lipinski definition) is 8. The van der Waals surface area contributed by atoms with E-state index in [4.69, 9.17) is 11.5 Å². The quantitative estimate of drug-likeness (QED) is 0.438. The van der Waals surface area contributed by atoms with Crippen LogP contribution in [-0.2, 0) is 11.2 Å². The molecule has 0 saturated carbocycles. The number of nitrogens with zero attached hydrogens (tertiary/aromatic N) is 6. The molecule has 0 aliphatic rings. The molecule has 9 heteroatoms. The van der Waals surface area contributed by atoms with Crippen molar-refractivity contribution in [2.24, 2.45) is 0 Å². The first-order chi connectivity index (χ1) is 15.2. The third-order valence-electron chi connectivity index (χ3n) is 4.98. The molecule has 8 nitrogen and oxygen atoms in total. The van der Waals surface area contributed by atoms with E-state index in [2.05, 4.69) is 101 Å². The van der Waals surface area contributed by atoms with Crippen LogP contribution in [0.15, 0.2) is 53.7 Å². The van der Waals surface area contributed by atoms with Gasteiger partial charge in [0.15, 0.2) is 11.0 Å². The van der Waals surface area contributed by atoms with Gasteiger partial charge in [-0.15, -0.1) is 10.2 Å². The van der Waals surface area contributed by atoms with E-state index >= 15 is 0 Å². The van der Waals surface area contributed by atoms with Crippen molar-refractivity contribution >= 4 is 23.7 Å². The number of thioether (sulfide) groups is 1. The van der Waals surface area contributed by atoms with Crippen LogP contribution < -0.4 is 11.5 Å². The number of aromatic nitrogens is 6. The zero-order chi connectivity index (χ0) is 22.9. The minimum Gasteiger partial charge on any atom is -0.368 e. The second-order valence-electron chi connectivity index (χ2n) is 8.56. The number of nitrogen functional groups attached to an aromatic ring is 2. The summed E-state index contributed by atoms with van der Waals surface area (Å²) in [6.07, 6.45) is 0. The molecule has 0 fully saturated rings. The van der Waals surface area contributed by atoms with Crippen LogP contribution in [-0.4, -0.2) is 29.7 Å². The number of anilines is 2. The number of rotatable bonds is 5. The second kappa shape index (κ2) is 8.58. The van der Waals surface area contributed by atoms with Gasteiger partial charge in [0.05, 0.1) is 5.75 Å². The lowest BCUT2D eigenvalue weighted by Gasteiger charge is -2.19. The average Bonchev–Trinajstić information content (AvgIpc) is 3.15. The maximum atomic E-state index is 5.70. The first kappa shape index (κ1) is 21.8. The predicted octanol–water partition coefficient (Wildman–Crippen LogP) is 4.18. The Morgan fingerprint density at radius 2 is 1.47 bits per heavy atom. The molecule has 4 N–H and O–H groups in total. The minimum atomic E-state index is 0.0817. The lowest BCUT2D eigenvalue weighted by Crippen LogP contribution is -2.10. The van der Waals surface area contributed by atoms with Crippen molar-refractivity contribution in [1.82, 2.24) is 29.7 Å². The predicted molar refractivity (Wildman–Crippen MR) is 128 cm³/mol. The van der Waals surface area contributed by atoms with Gasteiger partial charge >= 0.3 is 0 Å². The zero-order valence-electron chi connectivity index (χ0n) is 18.6. The first-order valence-corrected chi connectivity index (χ1v) is 11.2. The van der Waals surface area contributed by atoms with Gasteiger partial charge in [-0.25, -0.2) is 0 Å². The summed E-state index contributed by atoms with van der Waals surface area (Å²) in [6.45, 7) is 8.66. The molecule has 0 radical (unpaired) electrons. The van der Waals surface area contributed by atoms with Crippen LogP contribution in [0, 0.1) is 6.92 Å². The van der Waals surface area contributed by atoms with Gasteiger partial charge in [0.1, 0.15) is 5.82 Å². The van der Waals surface area contributed by atoms with Crippen LogP contribution in [0.25, 0.3) is 17.1 Å². The largest absolute Gasteiger partial charge is 0.368 e. The minimum absolute atomic E-state index is 0.0817. The van der Waals surface area contributed by atoms with Gasteiger partial charge in [0, 0.05) is 11.3 Å². The molecule has 0 aliphatic heterocycles. The van der Waals surface area contributed by atoms with Gasteiger partial charge in [-0.05, 0) is 30.0 Å². The standard InChI is InChI=1S/C23H26N8S/c1-14-5-11-17(12-6-14)31-19(15-7-9-16(10-8-15)23(2,3)4)29-30-22(31)32-13-18-26-20(24)28-21(25)27-18/h5-12H,13H2,1-4H3,(H4,24,25,26,27,28). The highest BCUT2D eigenvalue weighted by Gasteiger charge is 2.19. The maximum absolute atomic E-state index is 5.70. The van der Waals surface area contributed by atoms with Crippen molar-refractivity contribution in [3.05, 3.63) is 65.5 Å². The van der Waals surface area contributed by atoms with Crippen molar-refractivity contribution in [3.8, 4) is 17.1 Å². The van der Waals surface area contributed by atoms with Crippen molar-refractivity contribution in [3.63, 3.8) is 0 Å². The summed E-state index contributed by atoms with van der Waals surface area (Å²) in [4.78, 5) is 12.1. The molecule has 0 unspecified atom stereocenters. The average molecular weight is 447 g/mol. The van der Waals surface area contributed by atoms with Gasteiger partial charge in [0.2, 0.25) is 11.9 Å². The van der Waals surface area contributed by atoms with Crippen LogP contribution in [0.4, 0.5) is 11.9 Å². The lowest BCUT2D eigenvalue weighted by atomic mass is 9.87. The summed E-state index contributed by atoms with van der Waals surface area (Å²) in [6, 6.07) is 16.8. The normalized spacial score (nSPS) is 11.6. The number of nitrogens with two attached hydrogens (primary N) is 2. The van der Waals surface area contributed by atoms with Gasteiger partial charge in [-0.2, -0.15) is 15.0 Å². The monoisotopic (exact) mass is 446 g/mol. The molecule has 4 aromatic rings. The molecule has 164 valence electrons. The molecule has 2 aromatic heterocycles. The summed E-state index contributed by atoms with van der Waals surface area (Å²) in [5.74, 6) is 1.91. The van der Waals surface area contributed by atoms with Crippen molar-refractivity contribution < 1.29 is 0 Å². The fourth-order valence-corrected chi connectivity index (χ4v) is 4.05. The van der Waals surface area contributed by atoms with Gasteiger partial charge < -0.3 is 11.5 Å². The van der Waals surface area contributed by atoms with E-state index in [1.807, 2.05) is 4.57 Å². The van der Waals surface area contributed by atoms with Crippen LogP contribution >= 0.6 is 11.8 Å². The molecule has 32 heavy (non-hydrogen) atoms. The summed E-state index contributed by atoms with van der Waals surface area (Å²) in [5, 5.41) is 9.70. The zero-order valence-corrected chi connectivity index (χ0v) is 19.4. The molecule has 4 rings (SSSR count). The Labute approximate surface area is 191 Å². The first-order valence-electron chi connectivity index (χ1n) is 10.2. The third kappa shape index (κ3) is 4.72. The van der Waals surface area contributed by atoms with Crippen LogP contribution in [0.5, 0.6) is 0 Å². The number of aryl methyl sites for hydroxylation is 1. The molecule has 0 spiro atoms. The molecular formula is C23H26N8S. The van der Waals surface area contributed by atoms with Crippen molar-refractivity contribution in [2.75, 3.05) is 11.5 Å². The van der Waals surface area contributed by atoms with E-state index in [0.29, 0.717) is 11.6 Å².